The fourth-order valence-corrected chi connectivity index (χ4v) is 0.155. The van der Waals surface area contributed by atoms with E-state index in [1.807, 2.05) is 0 Å². The maximum absolute atomic E-state index is 10.1. The van der Waals surface area contributed by atoms with Crippen LogP contribution in [0, 0.1) is 0 Å². The standard InChI is InChI=1S/C5H4O3/c1-4(7)5(8)2-3-6/h2H,1H3. The van der Waals surface area contributed by atoms with Crippen molar-refractivity contribution < 1.29 is 14.4 Å². The summed E-state index contributed by atoms with van der Waals surface area (Å²) in [6.07, 6.45) is 0.572. The van der Waals surface area contributed by atoms with Crippen molar-refractivity contribution in [3.05, 3.63) is 6.08 Å². The second-order valence-corrected chi connectivity index (χ2v) is 1.18. The van der Waals surface area contributed by atoms with Gasteiger partial charge in [0.05, 0.1) is 6.08 Å². The second-order valence-electron chi connectivity index (χ2n) is 1.18. The summed E-state index contributed by atoms with van der Waals surface area (Å²) in [4.78, 5) is 29.4. The summed E-state index contributed by atoms with van der Waals surface area (Å²) in [5.74, 6) is -0.247. The third-order valence-electron chi connectivity index (χ3n) is 0.537. The second kappa shape index (κ2) is 2.88. The van der Waals surface area contributed by atoms with Gasteiger partial charge in [0.15, 0.2) is 5.78 Å². The van der Waals surface area contributed by atoms with Crippen molar-refractivity contribution in [1.82, 2.24) is 0 Å². The fourth-order valence-electron chi connectivity index (χ4n) is 0.155. The molecule has 0 spiro atoms. The molecule has 0 aliphatic heterocycles. The first-order valence-electron chi connectivity index (χ1n) is 1.94. The summed E-state index contributed by atoms with van der Waals surface area (Å²) in [6.45, 7) is 1.09. The predicted octanol–water partition coefficient (Wildman–Crippen LogP) is -0.468. The zero-order chi connectivity index (χ0) is 6.57. The van der Waals surface area contributed by atoms with Gasteiger partial charge in [0.2, 0.25) is 5.78 Å². The lowest BCUT2D eigenvalue weighted by atomic mass is 10.3. The molecule has 0 aromatic rings. The Labute approximate surface area is 46.0 Å². The van der Waals surface area contributed by atoms with Crippen LogP contribution in [-0.4, -0.2) is 17.5 Å². The Bertz CT molecular complexity index is 159. The van der Waals surface area contributed by atoms with Gasteiger partial charge in [0.1, 0.15) is 5.94 Å². The number of carbonyl (C=O) groups excluding carboxylic acids is 3. The van der Waals surface area contributed by atoms with Gasteiger partial charge in [-0.25, -0.2) is 4.79 Å². The van der Waals surface area contributed by atoms with Crippen molar-refractivity contribution in [1.29, 1.82) is 0 Å². The lowest BCUT2D eigenvalue weighted by Gasteiger charge is -1.75. The highest BCUT2D eigenvalue weighted by atomic mass is 16.2. The minimum Gasteiger partial charge on any atom is -0.291 e. The molecule has 0 fully saturated rings. The van der Waals surface area contributed by atoms with Crippen molar-refractivity contribution in [2.75, 3.05) is 0 Å². The molecule has 8 heavy (non-hydrogen) atoms. The van der Waals surface area contributed by atoms with E-state index in [2.05, 4.69) is 0 Å². The molecule has 0 atom stereocenters. The van der Waals surface area contributed by atoms with Crippen LogP contribution < -0.4 is 0 Å². The molecule has 0 aliphatic carbocycles. The maximum atomic E-state index is 10.1. The average molecular weight is 112 g/mol. The molecule has 0 amide bonds. The van der Waals surface area contributed by atoms with Gasteiger partial charge in [-0.3, -0.25) is 9.59 Å². The van der Waals surface area contributed by atoms with Crippen molar-refractivity contribution >= 4 is 17.5 Å². The zero-order valence-corrected chi connectivity index (χ0v) is 4.30. The van der Waals surface area contributed by atoms with Crippen LogP contribution in [0.25, 0.3) is 0 Å². The summed E-state index contributed by atoms with van der Waals surface area (Å²) >= 11 is 0. The van der Waals surface area contributed by atoms with Crippen LogP contribution in [0.2, 0.25) is 0 Å². The van der Waals surface area contributed by atoms with E-state index in [1.54, 1.807) is 0 Å². The minimum absolute atomic E-state index is 0.572. The van der Waals surface area contributed by atoms with Crippen LogP contribution in [0.3, 0.4) is 0 Å². The zero-order valence-electron chi connectivity index (χ0n) is 4.30. The molecule has 0 aromatic carbocycles. The number of allylic oxidation sites excluding steroid dienone is 1. The van der Waals surface area contributed by atoms with Crippen LogP contribution in [0.4, 0.5) is 0 Å². The van der Waals surface area contributed by atoms with Gasteiger partial charge in [-0.2, -0.15) is 0 Å². The number of ketones is 2. The van der Waals surface area contributed by atoms with E-state index in [4.69, 9.17) is 0 Å². The molecule has 0 N–H and O–H groups in total. The first-order valence-corrected chi connectivity index (χ1v) is 1.94. The normalized spacial score (nSPS) is 7.12. The molecule has 3 nitrogen and oxygen atoms in total. The molecule has 0 rings (SSSR count). The van der Waals surface area contributed by atoms with Crippen LogP contribution >= 0.6 is 0 Å². The minimum atomic E-state index is -0.806. The molecule has 0 aromatic heterocycles. The van der Waals surface area contributed by atoms with Crippen LogP contribution in [0.15, 0.2) is 6.08 Å². The molecule has 0 aliphatic rings. The predicted molar refractivity (Wildman–Crippen MR) is 26.0 cm³/mol. The third-order valence-corrected chi connectivity index (χ3v) is 0.537. The third kappa shape index (κ3) is 2.05. The van der Waals surface area contributed by atoms with E-state index in [0.29, 0.717) is 6.08 Å². The maximum Gasteiger partial charge on any atom is 0.232 e. The highest BCUT2D eigenvalue weighted by Crippen LogP contribution is 1.71. The quantitative estimate of drug-likeness (QED) is 0.276. The Morgan fingerprint density at radius 1 is 1.50 bits per heavy atom. The number of Topliss-reactive ketones (excluding diaryl/α,β-unsaturated/α-hetero) is 1. The summed E-state index contributed by atoms with van der Waals surface area (Å²) < 4.78 is 0. The number of hydrogen-bond acceptors (Lipinski definition) is 3. The molecular weight excluding hydrogens is 108 g/mol. The molecular formula is C5H4O3. The van der Waals surface area contributed by atoms with E-state index < -0.39 is 11.6 Å². The molecule has 0 saturated carbocycles. The van der Waals surface area contributed by atoms with Crippen LogP contribution in [0.1, 0.15) is 6.92 Å². The Morgan fingerprint density at radius 3 is 2.12 bits per heavy atom. The Hall–Kier alpha value is -1.21. The van der Waals surface area contributed by atoms with E-state index >= 15 is 0 Å². The van der Waals surface area contributed by atoms with Crippen molar-refractivity contribution in [2.45, 2.75) is 6.92 Å². The first kappa shape index (κ1) is 6.79. The molecule has 0 heterocycles. The SMILES string of the molecule is CC(=O)C(=O)C=C=O. The van der Waals surface area contributed by atoms with E-state index in [0.717, 1.165) is 6.92 Å². The molecule has 0 radical (unpaired) electrons. The first-order chi connectivity index (χ1) is 3.68. The van der Waals surface area contributed by atoms with Crippen molar-refractivity contribution in [3.8, 4) is 0 Å². The number of hydrogen-bond donors (Lipinski definition) is 0. The van der Waals surface area contributed by atoms with E-state index in [1.165, 1.54) is 5.94 Å². The molecule has 0 unspecified atom stereocenters. The van der Waals surface area contributed by atoms with E-state index in [-0.39, 0.29) is 0 Å². The summed E-state index contributed by atoms with van der Waals surface area (Å²) in [7, 11) is 0. The molecule has 42 valence electrons. The smallest absolute Gasteiger partial charge is 0.232 e. The molecule has 0 bridgehead atoms. The van der Waals surface area contributed by atoms with Crippen LogP contribution in [-0.2, 0) is 14.4 Å². The highest BCUT2D eigenvalue weighted by molar-refractivity contribution is 6.42. The van der Waals surface area contributed by atoms with Crippen LogP contribution in [0.5, 0.6) is 0 Å². The number of carbonyl (C=O) groups is 2. The van der Waals surface area contributed by atoms with Gasteiger partial charge in [-0.1, -0.05) is 0 Å². The lowest BCUT2D eigenvalue weighted by Crippen LogP contribution is -2.04. The summed E-state index contributed by atoms with van der Waals surface area (Å²) in [6, 6.07) is 0. The topological polar surface area (TPSA) is 51.2 Å². The Kier molecular flexibility index (Phi) is 2.45. The lowest BCUT2D eigenvalue weighted by molar-refractivity contribution is -0.132. The van der Waals surface area contributed by atoms with Gasteiger partial charge in [-0.05, 0) is 0 Å². The Morgan fingerprint density at radius 2 is 2.00 bits per heavy atom. The van der Waals surface area contributed by atoms with Gasteiger partial charge in [-0.15, -0.1) is 0 Å². The van der Waals surface area contributed by atoms with Gasteiger partial charge in [0, 0.05) is 6.92 Å². The van der Waals surface area contributed by atoms with Crippen molar-refractivity contribution in [2.24, 2.45) is 0 Å². The van der Waals surface area contributed by atoms with Gasteiger partial charge >= 0.3 is 0 Å². The summed E-state index contributed by atoms with van der Waals surface area (Å²) in [5, 5.41) is 0. The van der Waals surface area contributed by atoms with Crippen molar-refractivity contribution in [3.63, 3.8) is 0 Å². The fraction of sp³-hybridized carbons (Fsp3) is 0.200. The largest absolute Gasteiger partial charge is 0.291 e. The molecule has 3 heteroatoms. The van der Waals surface area contributed by atoms with Gasteiger partial charge < -0.3 is 0 Å². The summed E-state index contributed by atoms with van der Waals surface area (Å²) in [5.41, 5.74) is 0. The van der Waals surface area contributed by atoms with Gasteiger partial charge in [0.25, 0.3) is 0 Å². The average Bonchev–Trinajstić information content (AvgIpc) is 1.67. The number of rotatable bonds is 2. The Balaban J connectivity index is 4.05. The monoisotopic (exact) mass is 112 g/mol. The van der Waals surface area contributed by atoms with E-state index in [9.17, 15) is 14.4 Å². The molecule has 0 saturated heterocycles. The highest BCUT2D eigenvalue weighted by Gasteiger charge is 2.00.